The average Bonchev–Trinajstić information content (AvgIpc) is 3.29. The van der Waals surface area contributed by atoms with Gasteiger partial charge in [0.25, 0.3) is 0 Å². The van der Waals surface area contributed by atoms with E-state index in [0.29, 0.717) is 12.5 Å². The molecule has 6 heteroatoms. The van der Waals surface area contributed by atoms with Crippen LogP contribution >= 0.6 is 0 Å². The van der Waals surface area contributed by atoms with Crippen LogP contribution in [0.3, 0.4) is 0 Å². The van der Waals surface area contributed by atoms with Gasteiger partial charge in [-0.15, -0.1) is 0 Å². The second kappa shape index (κ2) is 7.50. The van der Waals surface area contributed by atoms with Gasteiger partial charge in [0.2, 0.25) is 11.8 Å². The van der Waals surface area contributed by atoms with E-state index in [9.17, 15) is 9.59 Å². The third-order valence-corrected chi connectivity index (χ3v) is 6.43. The van der Waals surface area contributed by atoms with E-state index in [-0.39, 0.29) is 24.0 Å². The van der Waals surface area contributed by atoms with Gasteiger partial charge < -0.3 is 19.4 Å². The minimum atomic E-state index is -0.103. The number of carbonyl (C=O) groups is 2. The molecule has 0 saturated carbocycles. The third kappa shape index (κ3) is 3.81. The van der Waals surface area contributed by atoms with Gasteiger partial charge in [-0.05, 0) is 37.8 Å². The summed E-state index contributed by atoms with van der Waals surface area (Å²) in [7, 11) is 2.13. The molecule has 3 aliphatic rings. The molecular weight excluding hydrogens is 342 g/mol. The van der Waals surface area contributed by atoms with E-state index in [4.69, 9.17) is 4.74 Å². The molecule has 1 spiro atoms. The normalized spacial score (nSPS) is 24.6. The van der Waals surface area contributed by atoms with Gasteiger partial charge in [-0.3, -0.25) is 9.59 Å². The number of likely N-dealkylation sites (tertiary alicyclic amines) is 2. The molecule has 4 rings (SSSR count). The number of carbonyl (C=O) groups excluding carboxylic acids is 2. The van der Waals surface area contributed by atoms with Crippen molar-refractivity contribution in [3.63, 3.8) is 0 Å². The van der Waals surface area contributed by atoms with Crippen molar-refractivity contribution in [3.05, 3.63) is 30.3 Å². The molecule has 0 aliphatic carbocycles. The summed E-state index contributed by atoms with van der Waals surface area (Å²) in [5.74, 6) is 0.193. The van der Waals surface area contributed by atoms with Crippen molar-refractivity contribution in [1.29, 1.82) is 0 Å². The Labute approximate surface area is 161 Å². The number of hydrogen-bond acceptors (Lipinski definition) is 4. The first kappa shape index (κ1) is 18.3. The molecule has 3 fully saturated rings. The second-order valence-electron chi connectivity index (χ2n) is 8.10. The molecule has 1 unspecified atom stereocenters. The second-order valence-corrected chi connectivity index (χ2v) is 8.10. The van der Waals surface area contributed by atoms with Crippen molar-refractivity contribution in [2.45, 2.75) is 43.7 Å². The zero-order valence-corrected chi connectivity index (χ0v) is 16.1. The van der Waals surface area contributed by atoms with Crippen molar-refractivity contribution < 1.29 is 14.3 Å². The van der Waals surface area contributed by atoms with Crippen molar-refractivity contribution >= 4 is 17.5 Å². The highest BCUT2D eigenvalue weighted by atomic mass is 16.5. The van der Waals surface area contributed by atoms with Crippen molar-refractivity contribution in [3.8, 4) is 0 Å². The van der Waals surface area contributed by atoms with Gasteiger partial charge in [0.15, 0.2) is 0 Å². The molecule has 3 heterocycles. The number of piperidine rings is 1. The largest absolute Gasteiger partial charge is 0.373 e. The lowest BCUT2D eigenvalue weighted by molar-refractivity contribution is -0.141. The number of likely N-dealkylation sites (N-methyl/N-ethyl adjacent to an activating group) is 1. The van der Waals surface area contributed by atoms with Crippen LogP contribution < -0.4 is 4.90 Å². The fraction of sp³-hybridized carbons (Fsp3) is 0.619. The number of para-hydroxylation sites is 1. The Morgan fingerprint density at radius 1 is 1.22 bits per heavy atom. The molecule has 2 amide bonds. The van der Waals surface area contributed by atoms with E-state index < -0.39 is 0 Å². The lowest BCUT2D eigenvalue weighted by Crippen LogP contribution is -2.49. The summed E-state index contributed by atoms with van der Waals surface area (Å²) in [6.07, 6.45) is 4.22. The van der Waals surface area contributed by atoms with E-state index in [1.165, 1.54) is 5.69 Å². The minimum absolute atomic E-state index is 0.0797. The summed E-state index contributed by atoms with van der Waals surface area (Å²) in [6, 6.07) is 10.8. The first-order valence-electron chi connectivity index (χ1n) is 10.0. The predicted molar refractivity (Wildman–Crippen MR) is 104 cm³/mol. The number of nitrogens with zero attached hydrogens (tertiary/aromatic N) is 3. The SMILES string of the molecule is CN(c1ccccc1)C1COC2(CCN(C(=O)CN3CCCC3=O)CC2)C1. The number of rotatable bonds is 4. The summed E-state index contributed by atoms with van der Waals surface area (Å²) in [6.45, 7) is 3.15. The summed E-state index contributed by atoms with van der Waals surface area (Å²) in [5.41, 5.74) is 1.11. The molecule has 0 bridgehead atoms. The first-order valence-corrected chi connectivity index (χ1v) is 10.0. The van der Waals surface area contributed by atoms with Crippen molar-refractivity contribution in [2.75, 3.05) is 44.7 Å². The summed E-state index contributed by atoms with van der Waals surface area (Å²) < 4.78 is 6.27. The maximum absolute atomic E-state index is 12.5. The quantitative estimate of drug-likeness (QED) is 0.811. The maximum atomic E-state index is 12.5. The smallest absolute Gasteiger partial charge is 0.242 e. The Morgan fingerprint density at radius 3 is 2.63 bits per heavy atom. The van der Waals surface area contributed by atoms with E-state index >= 15 is 0 Å². The molecular formula is C21H29N3O3. The van der Waals surface area contributed by atoms with Crippen LogP contribution in [-0.4, -0.2) is 73.1 Å². The molecule has 1 atom stereocenters. The standard InChI is InChI=1S/C21H29N3O3/c1-22(17-6-3-2-4-7-17)18-14-21(27-16-18)9-12-23(13-10-21)20(26)15-24-11-5-8-19(24)25/h2-4,6-7,18H,5,8-16H2,1H3. The first-order chi connectivity index (χ1) is 13.1. The van der Waals surface area contributed by atoms with Crippen LogP contribution in [0.2, 0.25) is 0 Å². The minimum Gasteiger partial charge on any atom is -0.373 e. The van der Waals surface area contributed by atoms with Gasteiger partial charge in [0.1, 0.15) is 0 Å². The molecule has 3 saturated heterocycles. The summed E-state index contributed by atoms with van der Waals surface area (Å²) in [5, 5.41) is 0. The average molecular weight is 371 g/mol. The highest BCUT2D eigenvalue weighted by Gasteiger charge is 2.44. The van der Waals surface area contributed by atoms with Crippen molar-refractivity contribution in [2.24, 2.45) is 0 Å². The molecule has 1 aromatic rings. The molecule has 6 nitrogen and oxygen atoms in total. The highest BCUT2D eigenvalue weighted by molar-refractivity contribution is 5.85. The molecule has 0 N–H and O–H groups in total. The topological polar surface area (TPSA) is 53.1 Å². The van der Waals surface area contributed by atoms with Crippen LogP contribution in [0.5, 0.6) is 0 Å². The van der Waals surface area contributed by atoms with Gasteiger partial charge in [-0.25, -0.2) is 0 Å². The number of hydrogen-bond donors (Lipinski definition) is 0. The molecule has 0 radical (unpaired) electrons. The number of benzene rings is 1. The van der Waals surface area contributed by atoms with E-state index in [2.05, 4.69) is 36.2 Å². The Morgan fingerprint density at radius 2 is 1.96 bits per heavy atom. The molecule has 27 heavy (non-hydrogen) atoms. The molecule has 0 aromatic heterocycles. The fourth-order valence-corrected chi connectivity index (χ4v) is 4.59. The Bertz CT molecular complexity index is 685. The highest BCUT2D eigenvalue weighted by Crippen LogP contribution is 2.38. The Kier molecular flexibility index (Phi) is 5.08. The van der Waals surface area contributed by atoms with Crippen LogP contribution in [0.1, 0.15) is 32.1 Å². The van der Waals surface area contributed by atoms with Gasteiger partial charge in [0.05, 0.1) is 24.8 Å². The van der Waals surface area contributed by atoms with Crippen LogP contribution in [0.4, 0.5) is 5.69 Å². The molecule has 146 valence electrons. The maximum Gasteiger partial charge on any atom is 0.242 e. The molecule has 3 aliphatic heterocycles. The van der Waals surface area contributed by atoms with Gasteiger partial charge in [-0.2, -0.15) is 0 Å². The van der Waals surface area contributed by atoms with Crippen LogP contribution in [0.15, 0.2) is 30.3 Å². The lowest BCUT2D eigenvalue weighted by Gasteiger charge is -2.39. The fourth-order valence-electron chi connectivity index (χ4n) is 4.59. The van der Waals surface area contributed by atoms with E-state index in [1.54, 1.807) is 4.90 Å². The number of ether oxygens (including phenoxy) is 1. The lowest BCUT2D eigenvalue weighted by atomic mass is 9.87. The van der Waals surface area contributed by atoms with Crippen LogP contribution in [0.25, 0.3) is 0 Å². The van der Waals surface area contributed by atoms with Gasteiger partial charge >= 0.3 is 0 Å². The van der Waals surface area contributed by atoms with E-state index in [1.807, 2.05) is 11.0 Å². The Hall–Kier alpha value is -2.08. The summed E-state index contributed by atoms with van der Waals surface area (Å²) >= 11 is 0. The number of anilines is 1. The van der Waals surface area contributed by atoms with Gasteiger partial charge in [-0.1, -0.05) is 18.2 Å². The molecule has 1 aromatic carbocycles. The monoisotopic (exact) mass is 371 g/mol. The van der Waals surface area contributed by atoms with E-state index in [0.717, 1.165) is 51.9 Å². The predicted octanol–water partition coefficient (Wildman–Crippen LogP) is 1.90. The zero-order chi connectivity index (χ0) is 18.9. The zero-order valence-electron chi connectivity index (χ0n) is 16.1. The van der Waals surface area contributed by atoms with Crippen molar-refractivity contribution in [1.82, 2.24) is 9.80 Å². The van der Waals surface area contributed by atoms with Gasteiger partial charge in [0, 0.05) is 38.8 Å². The van der Waals surface area contributed by atoms with Crippen LogP contribution in [-0.2, 0) is 14.3 Å². The summed E-state index contributed by atoms with van der Waals surface area (Å²) in [4.78, 5) is 30.2. The Balaban J connectivity index is 1.30. The third-order valence-electron chi connectivity index (χ3n) is 6.43. The van der Waals surface area contributed by atoms with Crippen LogP contribution in [0, 0.1) is 0 Å². The number of amides is 2.